The summed E-state index contributed by atoms with van der Waals surface area (Å²) in [5.41, 5.74) is 0.527. The summed E-state index contributed by atoms with van der Waals surface area (Å²) in [4.78, 5) is 53.5. The number of benzene rings is 1. The number of nitrogens with zero attached hydrogens (tertiary/aromatic N) is 3. The van der Waals surface area contributed by atoms with E-state index < -0.39 is 48.6 Å². The lowest BCUT2D eigenvalue weighted by atomic mass is 10.1. The number of amides is 4. The van der Waals surface area contributed by atoms with Crippen LogP contribution in [0.15, 0.2) is 24.3 Å². The van der Waals surface area contributed by atoms with Crippen LogP contribution in [0, 0.1) is 0 Å². The average molecular weight is 405 g/mol. The maximum absolute atomic E-state index is 14.0. The van der Waals surface area contributed by atoms with Crippen LogP contribution in [-0.4, -0.2) is 76.5 Å². The lowest BCUT2D eigenvalue weighted by Gasteiger charge is -2.27. The van der Waals surface area contributed by atoms with E-state index in [0.717, 1.165) is 22.6 Å². The van der Waals surface area contributed by atoms with E-state index in [-0.39, 0.29) is 24.1 Å². The van der Waals surface area contributed by atoms with Gasteiger partial charge in [0.1, 0.15) is 6.04 Å². The third-order valence-electron chi connectivity index (χ3n) is 5.72. The van der Waals surface area contributed by atoms with E-state index in [1.54, 1.807) is 12.1 Å². The summed E-state index contributed by atoms with van der Waals surface area (Å²) < 4.78 is 28.0. The zero-order valence-corrected chi connectivity index (χ0v) is 15.8. The molecule has 9 heteroatoms. The fourth-order valence-corrected chi connectivity index (χ4v) is 4.24. The van der Waals surface area contributed by atoms with Crippen molar-refractivity contribution < 1.29 is 28.0 Å². The van der Waals surface area contributed by atoms with Crippen molar-refractivity contribution in [2.24, 2.45) is 0 Å². The average Bonchev–Trinajstić information content (AvgIpc) is 3.39. The number of carbonyl (C=O) groups excluding carboxylic acids is 4. The molecule has 0 aliphatic carbocycles. The van der Waals surface area contributed by atoms with Gasteiger partial charge in [-0.1, -0.05) is 12.1 Å². The summed E-state index contributed by atoms with van der Waals surface area (Å²) in [7, 11) is 0. The Labute approximate surface area is 166 Å². The maximum Gasteiger partial charge on any atom is 0.267 e. The van der Waals surface area contributed by atoms with Crippen LogP contribution in [0.5, 0.6) is 0 Å². The summed E-state index contributed by atoms with van der Waals surface area (Å²) in [5.74, 6) is -5.25. The van der Waals surface area contributed by atoms with Crippen molar-refractivity contribution in [2.45, 2.75) is 37.6 Å². The highest BCUT2D eigenvalue weighted by Gasteiger charge is 2.51. The molecule has 3 aliphatic rings. The molecule has 1 aromatic carbocycles. The van der Waals surface area contributed by atoms with Gasteiger partial charge < -0.3 is 9.80 Å². The molecule has 0 N–H and O–H groups in total. The maximum atomic E-state index is 14.0. The van der Waals surface area contributed by atoms with Crippen LogP contribution >= 0.6 is 0 Å². The lowest BCUT2D eigenvalue weighted by Crippen LogP contribution is -2.47. The van der Waals surface area contributed by atoms with Crippen molar-refractivity contribution in [3.63, 3.8) is 0 Å². The zero-order valence-electron chi connectivity index (χ0n) is 15.8. The second-order valence-corrected chi connectivity index (χ2v) is 7.69. The molecule has 2 saturated heterocycles. The normalized spacial score (nSPS) is 23.1. The number of halogens is 2. The third-order valence-corrected chi connectivity index (χ3v) is 5.72. The Morgan fingerprint density at radius 2 is 1.62 bits per heavy atom. The summed E-state index contributed by atoms with van der Waals surface area (Å²) in [5, 5.41) is 0. The molecule has 1 atom stereocenters. The van der Waals surface area contributed by atoms with Gasteiger partial charge in [-0.25, -0.2) is 8.78 Å². The van der Waals surface area contributed by atoms with Gasteiger partial charge >= 0.3 is 0 Å². The molecule has 0 radical (unpaired) electrons. The van der Waals surface area contributed by atoms with Crippen molar-refractivity contribution in [3.8, 4) is 0 Å². The third kappa shape index (κ3) is 3.49. The molecule has 3 aliphatic heterocycles. The van der Waals surface area contributed by atoms with Gasteiger partial charge in [-0.3, -0.25) is 24.1 Å². The minimum Gasteiger partial charge on any atom is -0.341 e. The molecule has 4 amide bonds. The number of fused-ring (bicyclic) bond motifs is 1. The molecule has 0 aromatic heterocycles. The smallest absolute Gasteiger partial charge is 0.267 e. The fraction of sp³-hybridized carbons (Fsp3) is 0.500. The minimum absolute atomic E-state index is 0.210. The quantitative estimate of drug-likeness (QED) is 0.712. The minimum atomic E-state index is -3.13. The molecular weight excluding hydrogens is 384 g/mol. The van der Waals surface area contributed by atoms with E-state index in [4.69, 9.17) is 0 Å². The number of hydrogen-bond acceptors (Lipinski definition) is 4. The van der Waals surface area contributed by atoms with Crippen molar-refractivity contribution in [1.82, 2.24) is 14.7 Å². The molecule has 0 saturated carbocycles. The molecule has 1 aromatic rings. The van der Waals surface area contributed by atoms with E-state index in [2.05, 4.69) is 0 Å². The monoisotopic (exact) mass is 405 g/mol. The van der Waals surface area contributed by atoms with Crippen LogP contribution in [-0.2, 0) is 9.59 Å². The molecule has 29 heavy (non-hydrogen) atoms. The van der Waals surface area contributed by atoms with Crippen LogP contribution in [0.2, 0.25) is 0 Å². The zero-order chi connectivity index (χ0) is 20.8. The first-order chi connectivity index (χ1) is 13.8. The van der Waals surface area contributed by atoms with E-state index in [1.807, 2.05) is 0 Å². The molecule has 4 rings (SSSR count). The van der Waals surface area contributed by atoms with Crippen molar-refractivity contribution >= 4 is 23.6 Å². The first-order valence-electron chi connectivity index (χ1n) is 9.70. The van der Waals surface area contributed by atoms with Crippen molar-refractivity contribution in [1.29, 1.82) is 0 Å². The standard InChI is InChI=1S/C20H21F2N3O4/c21-20(22)11-15(19(29)23-8-3-4-9-23)25(12-20)16(26)7-10-24-17(27)13-5-1-2-6-14(13)18(24)28/h1-2,5-6,15H,3-4,7-12H2/t15-/m0/s1. The first kappa shape index (κ1) is 19.5. The van der Waals surface area contributed by atoms with Gasteiger partial charge in [-0.05, 0) is 25.0 Å². The molecule has 0 unspecified atom stereocenters. The van der Waals surface area contributed by atoms with Crippen LogP contribution in [0.1, 0.15) is 46.4 Å². The van der Waals surface area contributed by atoms with Gasteiger partial charge in [0.15, 0.2) is 0 Å². The highest BCUT2D eigenvalue weighted by atomic mass is 19.3. The van der Waals surface area contributed by atoms with Gasteiger partial charge in [-0.2, -0.15) is 0 Å². The fourth-order valence-electron chi connectivity index (χ4n) is 4.24. The molecule has 0 bridgehead atoms. The van der Waals surface area contributed by atoms with E-state index in [0.29, 0.717) is 13.1 Å². The van der Waals surface area contributed by atoms with Crippen LogP contribution in [0.25, 0.3) is 0 Å². The van der Waals surface area contributed by atoms with E-state index in [1.165, 1.54) is 17.0 Å². The van der Waals surface area contributed by atoms with Gasteiger partial charge in [-0.15, -0.1) is 0 Å². The number of rotatable bonds is 4. The van der Waals surface area contributed by atoms with Crippen molar-refractivity contribution in [2.75, 3.05) is 26.2 Å². The Kier molecular flexibility index (Phi) is 4.84. The number of alkyl halides is 2. The van der Waals surface area contributed by atoms with Gasteiger partial charge in [0, 0.05) is 32.5 Å². The summed E-state index contributed by atoms with van der Waals surface area (Å²) in [6, 6.07) is 5.14. The summed E-state index contributed by atoms with van der Waals surface area (Å²) >= 11 is 0. The Hall–Kier alpha value is -2.84. The van der Waals surface area contributed by atoms with Crippen LogP contribution < -0.4 is 0 Å². The number of imide groups is 1. The second-order valence-electron chi connectivity index (χ2n) is 7.69. The van der Waals surface area contributed by atoms with Gasteiger partial charge in [0.05, 0.1) is 17.7 Å². The lowest BCUT2D eigenvalue weighted by molar-refractivity contribution is -0.143. The second kappa shape index (κ2) is 7.20. The first-order valence-corrected chi connectivity index (χ1v) is 9.70. The molecule has 3 heterocycles. The molecule has 154 valence electrons. The Morgan fingerprint density at radius 3 is 2.21 bits per heavy atom. The van der Waals surface area contributed by atoms with Crippen LogP contribution in [0.4, 0.5) is 8.78 Å². The highest BCUT2D eigenvalue weighted by Crippen LogP contribution is 2.34. The molecule has 7 nitrogen and oxygen atoms in total. The van der Waals surface area contributed by atoms with Crippen molar-refractivity contribution in [3.05, 3.63) is 35.4 Å². The molecule has 0 spiro atoms. The summed E-state index contributed by atoms with van der Waals surface area (Å²) in [6.07, 6.45) is 0.650. The topological polar surface area (TPSA) is 78.0 Å². The van der Waals surface area contributed by atoms with Gasteiger partial charge in [0.25, 0.3) is 17.7 Å². The largest absolute Gasteiger partial charge is 0.341 e. The number of likely N-dealkylation sites (tertiary alicyclic amines) is 2. The number of hydrogen-bond donors (Lipinski definition) is 0. The van der Waals surface area contributed by atoms with Crippen LogP contribution in [0.3, 0.4) is 0 Å². The summed E-state index contributed by atoms with van der Waals surface area (Å²) in [6.45, 7) is -0.00791. The Bertz CT molecular complexity index is 847. The predicted molar refractivity (Wildman–Crippen MR) is 97.3 cm³/mol. The SMILES string of the molecule is O=C([C@@H]1CC(F)(F)CN1C(=O)CCN1C(=O)c2ccccc2C1=O)N1CCCC1. The van der Waals surface area contributed by atoms with E-state index in [9.17, 15) is 28.0 Å². The van der Waals surface area contributed by atoms with E-state index >= 15 is 0 Å². The highest BCUT2D eigenvalue weighted by molar-refractivity contribution is 6.21. The predicted octanol–water partition coefficient (Wildman–Crippen LogP) is 1.53. The molecule has 2 fully saturated rings. The Morgan fingerprint density at radius 1 is 1.03 bits per heavy atom. The molecular formula is C20H21F2N3O4. The van der Waals surface area contributed by atoms with Gasteiger partial charge in [0.2, 0.25) is 11.8 Å². The number of carbonyl (C=O) groups is 4. The Balaban J connectivity index is 1.44.